The van der Waals surface area contributed by atoms with E-state index in [1.807, 2.05) is 13.8 Å². The summed E-state index contributed by atoms with van der Waals surface area (Å²) in [5.74, 6) is -1.08. The quantitative estimate of drug-likeness (QED) is 0.566. The van der Waals surface area contributed by atoms with Crippen LogP contribution in [0.4, 0.5) is 0 Å². The van der Waals surface area contributed by atoms with Gasteiger partial charge in [0, 0.05) is 13.5 Å². The van der Waals surface area contributed by atoms with Crippen LogP contribution in [-0.4, -0.2) is 49.6 Å². The predicted molar refractivity (Wildman–Crippen MR) is 70.0 cm³/mol. The summed E-state index contributed by atoms with van der Waals surface area (Å²) >= 11 is 0. The fourth-order valence-electron chi connectivity index (χ4n) is 2.51. The molecule has 0 unspecified atom stereocenters. The van der Waals surface area contributed by atoms with Gasteiger partial charge >= 0.3 is 5.97 Å². The van der Waals surface area contributed by atoms with Gasteiger partial charge in [-0.1, -0.05) is 13.3 Å². The molecule has 0 aromatic rings. The van der Waals surface area contributed by atoms with Gasteiger partial charge in [-0.25, -0.2) is 0 Å². The predicted octanol–water partition coefficient (Wildman–Crippen LogP) is 1.61. The molecule has 0 amide bonds. The molecule has 6 nitrogen and oxygen atoms in total. The van der Waals surface area contributed by atoms with Crippen molar-refractivity contribution < 1.29 is 28.5 Å². The highest BCUT2D eigenvalue weighted by Gasteiger charge is 2.53. The third-order valence-electron chi connectivity index (χ3n) is 3.32. The number of rotatable bonds is 5. The monoisotopic (exact) mass is 288 g/mol. The van der Waals surface area contributed by atoms with Crippen molar-refractivity contribution in [2.45, 2.75) is 70.9 Å². The molecule has 2 saturated heterocycles. The number of carbonyl (C=O) groups is 1. The standard InChI is InChI=1S/C14H24O6/c1-5-6-7-16-13-12(18-9(2)15)11-10(8-17-13)19-14(3,4)20-11/h10-13H,5-8H2,1-4H3/t10-,11-,12+,13-/m0/s1. The minimum Gasteiger partial charge on any atom is -0.454 e. The Morgan fingerprint density at radius 1 is 1.35 bits per heavy atom. The molecule has 0 bridgehead atoms. The third kappa shape index (κ3) is 3.69. The molecule has 0 aliphatic carbocycles. The van der Waals surface area contributed by atoms with E-state index in [2.05, 4.69) is 6.92 Å². The Balaban J connectivity index is 2.04. The normalized spacial score (nSPS) is 35.6. The van der Waals surface area contributed by atoms with Gasteiger partial charge in [-0.15, -0.1) is 0 Å². The Kier molecular flexibility index (Phi) is 5.01. The number of fused-ring (bicyclic) bond motifs is 1. The SMILES string of the molecule is CCCCO[C@H]1OC[C@@H]2OC(C)(C)O[C@@H]2[C@H]1OC(C)=O. The first kappa shape index (κ1) is 15.7. The Labute approximate surface area is 119 Å². The lowest BCUT2D eigenvalue weighted by Crippen LogP contribution is -2.54. The lowest BCUT2D eigenvalue weighted by atomic mass is 10.1. The maximum atomic E-state index is 11.3. The highest BCUT2D eigenvalue weighted by Crippen LogP contribution is 2.36. The van der Waals surface area contributed by atoms with Crippen LogP contribution in [0.2, 0.25) is 0 Å². The molecule has 0 N–H and O–H groups in total. The minimum absolute atomic E-state index is 0.236. The van der Waals surface area contributed by atoms with Gasteiger partial charge in [0.2, 0.25) is 0 Å². The number of ether oxygens (including phenoxy) is 5. The fraction of sp³-hybridized carbons (Fsp3) is 0.929. The first-order chi connectivity index (χ1) is 9.43. The lowest BCUT2D eigenvalue weighted by molar-refractivity contribution is -0.258. The molecular weight excluding hydrogens is 264 g/mol. The highest BCUT2D eigenvalue weighted by atomic mass is 16.8. The zero-order valence-electron chi connectivity index (χ0n) is 12.6. The van der Waals surface area contributed by atoms with Crippen molar-refractivity contribution in [2.24, 2.45) is 0 Å². The number of unbranched alkanes of at least 4 members (excludes halogenated alkanes) is 1. The van der Waals surface area contributed by atoms with Crippen molar-refractivity contribution >= 4 is 5.97 Å². The topological polar surface area (TPSA) is 63.2 Å². The van der Waals surface area contributed by atoms with Gasteiger partial charge < -0.3 is 23.7 Å². The van der Waals surface area contributed by atoms with E-state index in [0.29, 0.717) is 13.2 Å². The molecule has 2 aliphatic heterocycles. The molecule has 6 heteroatoms. The van der Waals surface area contributed by atoms with Gasteiger partial charge in [-0.3, -0.25) is 4.79 Å². The second-order valence-electron chi connectivity index (χ2n) is 5.64. The largest absolute Gasteiger partial charge is 0.454 e. The summed E-state index contributed by atoms with van der Waals surface area (Å²) in [5, 5.41) is 0. The Morgan fingerprint density at radius 2 is 2.10 bits per heavy atom. The summed E-state index contributed by atoms with van der Waals surface area (Å²) in [5.41, 5.74) is 0. The summed E-state index contributed by atoms with van der Waals surface area (Å²) < 4.78 is 28.3. The van der Waals surface area contributed by atoms with Crippen LogP contribution < -0.4 is 0 Å². The van der Waals surface area contributed by atoms with E-state index < -0.39 is 18.2 Å². The van der Waals surface area contributed by atoms with Gasteiger partial charge in [0.25, 0.3) is 0 Å². The molecule has 2 aliphatic rings. The maximum Gasteiger partial charge on any atom is 0.303 e. The molecule has 0 aromatic heterocycles. The van der Waals surface area contributed by atoms with Crippen molar-refractivity contribution in [3.05, 3.63) is 0 Å². The number of hydrogen-bond acceptors (Lipinski definition) is 6. The van der Waals surface area contributed by atoms with Crippen LogP contribution in [0.3, 0.4) is 0 Å². The van der Waals surface area contributed by atoms with Crippen LogP contribution in [0.15, 0.2) is 0 Å². The first-order valence-corrected chi connectivity index (χ1v) is 7.19. The number of hydrogen-bond donors (Lipinski definition) is 0. The second kappa shape index (κ2) is 6.39. The van der Waals surface area contributed by atoms with Crippen LogP contribution in [0.1, 0.15) is 40.5 Å². The first-order valence-electron chi connectivity index (χ1n) is 7.19. The summed E-state index contributed by atoms with van der Waals surface area (Å²) in [4.78, 5) is 11.3. The van der Waals surface area contributed by atoms with Crippen LogP contribution in [0, 0.1) is 0 Å². The molecule has 2 rings (SSSR count). The molecular formula is C14H24O6. The van der Waals surface area contributed by atoms with Gasteiger partial charge in [0.05, 0.1) is 6.61 Å². The van der Waals surface area contributed by atoms with Crippen molar-refractivity contribution in [2.75, 3.05) is 13.2 Å². The van der Waals surface area contributed by atoms with E-state index in [1.165, 1.54) is 6.92 Å². The molecule has 0 radical (unpaired) electrons. The van der Waals surface area contributed by atoms with Crippen molar-refractivity contribution in [3.8, 4) is 0 Å². The zero-order chi connectivity index (χ0) is 14.8. The Hall–Kier alpha value is -0.690. The molecule has 2 heterocycles. The molecule has 2 fully saturated rings. The van der Waals surface area contributed by atoms with Gasteiger partial charge in [0.1, 0.15) is 12.2 Å². The van der Waals surface area contributed by atoms with Crippen LogP contribution >= 0.6 is 0 Å². The smallest absolute Gasteiger partial charge is 0.303 e. The lowest BCUT2D eigenvalue weighted by Gasteiger charge is -2.36. The average Bonchev–Trinajstić information content (AvgIpc) is 2.66. The molecule has 4 atom stereocenters. The molecule has 20 heavy (non-hydrogen) atoms. The van der Waals surface area contributed by atoms with E-state index in [-0.39, 0.29) is 18.2 Å². The third-order valence-corrected chi connectivity index (χ3v) is 3.32. The second-order valence-corrected chi connectivity index (χ2v) is 5.64. The van der Waals surface area contributed by atoms with E-state index in [1.54, 1.807) is 0 Å². The van der Waals surface area contributed by atoms with E-state index in [9.17, 15) is 4.79 Å². The van der Waals surface area contributed by atoms with E-state index >= 15 is 0 Å². The van der Waals surface area contributed by atoms with Gasteiger partial charge in [-0.05, 0) is 20.3 Å². The summed E-state index contributed by atoms with van der Waals surface area (Å²) in [6, 6.07) is 0. The maximum absolute atomic E-state index is 11.3. The van der Waals surface area contributed by atoms with Gasteiger partial charge in [-0.2, -0.15) is 0 Å². The van der Waals surface area contributed by atoms with E-state index in [0.717, 1.165) is 12.8 Å². The van der Waals surface area contributed by atoms with Crippen LogP contribution in [0.5, 0.6) is 0 Å². The number of esters is 1. The minimum atomic E-state index is -0.699. The Bertz CT molecular complexity index is 343. The molecule has 0 saturated carbocycles. The van der Waals surface area contributed by atoms with E-state index in [4.69, 9.17) is 23.7 Å². The Morgan fingerprint density at radius 3 is 2.75 bits per heavy atom. The molecule has 116 valence electrons. The fourth-order valence-corrected chi connectivity index (χ4v) is 2.51. The van der Waals surface area contributed by atoms with Crippen molar-refractivity contribution in [3.63, 3.8) is 0 Å². The molecule has 0 spiro atoms. The highest BCUT2D eigenvalue weighted by molar-refractivity contribution is 5.66. The van der Waals surface area contributed by atoms with Crippen LogP contribution in [-0.2, 0) is 28.5 Å². The van der Waals surface area contributed by atoms with Crippen LogP contribution in [0.25, 0.3) is 0 Å². The van der Waals surface area contributed by atoms with Crippen molar-refractivity contribution in [1.29, 1.82) is 0 Å². The summed E-state index contributed by atoms with van der Waals surface area (Å²) in [6.45, 7) is 8.07. The van der Waals surface area contributed by atoms with Crippen molar-refractivity contribution in [1.82, 2.24) is 0 Å². The van der Waals surface area contributed by atoms with Gasteiger partial charge in [0.15, 0.2) is 18.2 Å². The zero-order valence-corrected chi connectivity index (χ0v) is 12.6. The molecule has 0 aromatic carbocycles. The number of carbonyl (C=O) groups excluding carboxylic acids is 1. The summed E-state index contributed by atoms with van der Waals surface area (Å²) in [7, 11) is 0. The summed E-state index contributed by atoms with van der Waals surface area (Å²) in [6.07, 6.45) is 0.191. The average molecular weight is 288 g/mol.